The van der Waals surface area contributed by atoms with E-state index in [2.05, 4.69) is 30.0 Å². The van der Waals surface area contributed by atoms with Crippen LogP contribution in [-0.4, -0.2) is 32.1 Å². The molecule has 5 heteroatoms. The first-order chi connectivity index (χ1) is 11.6. The maximum Gasteiger partial charge on any atom is 0.244 e. The van der Waals surface area contributed by atoms with Gasteiger partial charge in [0.25, 0.3) is 0 Å². The van der Waals surface area contributed by atoms with Crippen LogP contribution < -0.4 is 0 Å². The third-order valence-corrected chi connectivity index (χ3v) is 5.06. The lowest BCUT2D eigenvalue weighted by Gasteiger charge is -2.36. The number of hydrogen-bond donors (Lipinski definition) is 0. The second-order valence-corrected chi connectivity index (χ2v) is 6.55. The molecular weight excluding hydrogens is 300 g/mol. The summed E-state index contributed by atoms with van der Waals surface area (Å²) in [6.07, 6.45) is 7.85. The highest BCUT2D eigenvalue weighted by Gasteiger charge is 2.28. The molecule has 1 amide bonds. The quantitative estimate of drug-likeness (QED) is 0.867. The van der Waals surface area contributed by atoms with Crippen LogP contribution in [-0.2, 0) is 17.8 Å². The average molecular weight is 326 g/mol. The van der Waals surface area contributed by atoms with Gasteiger partial charge in [-0.05, 0) is 56.7 Å². The molecule has 0 aliphatic carbocycles. The van der Waals surface area contributed by atoms with Crippen molar-refractivity contribution in [2.24, 2.45) is 0 Å². The first-order valence-electron chi connectivity index (χ1n) is 8.84. The lowest BCUT2D eigenvalue weighted by molar-refractivity contribution is -0.136. The van der Waals surface area contributed by atoms with Crippen LogP contribution in [0.5, 0.6) is 0 Å². The van der Waals surface area contributed by atoms with E-state index < -0.39 is 0 Å². The molecule has 1 fully saturated rings. The third kappa shape index (κ3) is 3.21. The number of amides is 1. The fourth-order valence-electron chi connectivity index (χ4n) is 3.77. The maximum absolute atomic E-state index is 13.0. The molecule has 1 atom stereocenters. The molecule has 128 valence electrons. The Bertz CT molecular complexity index is 708. The zero-order chi connectivity index (χ0) is 17.1. The van der Waals surface area contributed by atoms with Gasteiger partial charge in [-0.15, -0.1) is 0 Å². The molecule has 5 nitrogen and oxygen atoms in total. The average Bonchev–Trinajstić information content (AvgIpc) is 2.88. The molecule has 1 unspecified atom stereocenters. The monoisotopic (exact) mass is 326 g/mol. The van der Waals surface area contributed by atoms with E-state index >= 15 is 0 Å². The highest BCUT2D eigenvalue weighted by molar-refractivity contribution is 5.76. The topological polar surface area (TPSA) is 51.0 Å². The first-order valence-corrected chi connectivity index (χ1v) is 8.84. The Morgan fingerprint density at radius 1 is 1.33 bits per heavy atom. The van der Waals surface area contributed by atoms with Crippen LogP contribution in [0.15, 0.2) is 24.5 Å². The molecule has 0 bridgehead atoms. The number of aryl methyl sites for hydroxylation is 1. The number of aromatic nitrogens is 3. The molecule has 0 radical (unpaired) electrons. The number of carbonyl (C=O) groups is 1. The molecule has 2 aromatic rings. The number of carbonyl (C=O) groups excluding carboxylic acids is 1. The number of pyridine rings is 1. The van der Waals surface area contributed by atoms with Gasteiger partial charge in [-0.1, -0.05) is 13.0 Å². The van der Waals surface area contributed by atoms with Crippen molar-refractivity contribution in [2.75, 3.05) is 6.54 Å². The molecule has 1 saturated heterocycles. The van der Waals surface area contributed by atoms with Crippen LogP contribution in [0.3, 0.4) is 0 Å². The lowest BCUT2D eigenvalue weighted by Crippen LogP contribution is -2.40. The summed E-state index contributed by atoms with van der Waals surface area (Å²) in [5.41, 5.74) is 4.53. The van der Waals surface area contributed by atoms with E-state index in [1.165, 1.54) is 5.56 Å². The summed E-state index contributed by atoms with van der Waals surface area (Å²) in [5, 5.41) is 4.57. The normalized spacial score (nSPS) is 18.0. The van der Waals surface area contributed by atoms with Crippen LogP contribution in [0.2, 0.25) is 0 Å². The van der Waals surface area contributed by atoms with E-state index in [4.69, 9.17) is 0 Å². The first kappa shape index (κ1) is 16.7. The molecule has 24 heavy (non-hydrogen) atoms. The summed E-state index contributed by atoms with van der Waals surface area (Å²) in [6.45, 7) is 7.35. The van der Waals surface area contributed by atoms with Crippen molar-refractivity contribution in [1.29, 1.82) is 0 Å². The van der Waals surface area contributed by atoms with Gasteiger partial charge >= 0.3 is 0 Å². The number of likely N-dealkylation sites (tertiary alicyclic amines) is 1. The molecular formula is C19H26N4O. The summed E-state index contributed by atoms with van der Waals surface area (Å²) in [7, 11) is 0. The molecule has 0 saturated carbocycles. The van der Waals surface area contributed by atoms with E-state index in [-0.39, 0.29) is 11.9 Å². The minimum absolute atomic E-state index is 0.141. The summed E-state index contributed by atoms with van der Waals surface area (Å²) < 4.78 is 1.87. The van der Waals surface area contributed by atoms with Crippen molar-refractivity contribution >= 4 is 5.91 Å². The van der Waals surface area contributed by atoms with E-state index in [1.54, 1.807) is 6.20 Å². The number of hydrogen-bond acceptors (Lipinski definition) is 3. The molecule has 1 aliphatic heterocycles. The Labute approximate surface area is 143 Å². The lowest BCUT2D eigenvalue weighted by atomic mass is 9.96. The standard InChI is InChI=1S/C19H26N4O/c1-4-17-14(2)21-23(15(17)3)13-19(24)22-11-6-5-9-18(22)16-8-7-10-20-12-16/h7-8,10,12,18H,4-6,9,11,13H2,1-3H3. The molecule has 1 aliphatic rings. The molecule has 3 heterocycles. The Kier molecular flexibility index (Phi) is 4.97. The minimum Gasteiger partial charge on any atom is -0.334 e. The van der Waals surface area contributed by atoms with Gasteiger partial charge < -0.3 is 4.90 Å². The second-order valence-electron chi connectivity index (χ2n) is 6.55. The van der Waals surface area contributed by atoms with Crippen molar-refractivity contribution < 1.29 is 4.79 Å². The van der Waals surface area contributed by atoms with E-state index in [1.807, 2.05) is 28.8 Å². The largest absolute Gasteiger partial charge is 0.334 e. The predicted octanol–water partition coefficient (Wildman–Crippen LogP) is 3.21. The van der Waals surface area contributed by atoms with Gasteiger partial charge in [-0.25, -0.2) is 0 Å². The Morgan fingerprint density at radius 2 is 2.17 bits per heavy atom. The zero-order valence-electron chi connectivity index (χ0n) is 14.8. The van der Waals surface area contributed by atoms with Crippen molar-refractivity contribution in [3.8, 4) is 0 Å². The van der Waals surface area contributed by atoms with Crippen molar-refractivity contribution in [2.45, 2.75) is 59.0 Å². The number of rotatable bonds is 4. The maximum atomic E-state index is 13.0. The van der Waals surface area contributed by atoms with Gasteiger partial charge in [-0.3, -0.25) is 14.5 Å². The van der Waals surface area contributed by atoms with Crippen molar-refractivity contribution in [1.82, 2.24) is 19.7 Å². The van der Waals surface area contributed by atoms with Gasteiger partial charge in [-0.2, -0.15) is 5.10 Å². The molecule has 0 spiro atoms. The Balaban J connectivity index is 1.80. The van der Waals surface area contributed by atoms with Crippen LogP contribution in [0.4, 0.5) is 0 Å². The van der Waals surface area contributed by atoms with E-state index in [0.717, 1.165) is 49.2 Å². The summed E-state index contributed by atoms with van der Waals surface area (Å²) in [5.74, 6) is 0.150. The van der Waals surface area contributed by atoms with E-state index in [0.29, 0.717) is 6.54 Å². The van der Waals surface area contributed by atoms with Gasteiger partial charge in [0.05, 0.1) is 11.7 Å². The van der Waals surface area contributed by atoms with Gasteiger partial charge in [0.15, 0.2) is 0 Å². The highest BCUT2D eigenvalue weighted by Crippen LogP contribution is 2.30. The van der Waals surface area contributed by atoms with Gasteiger partial charge in [0, 0.05) is 24.6 Å². The molecule has 3 rings (SSSR count). The molecule has 0 aromatic carbocycles. The van der Waals surface area contributed by atoms with Gasteiger partial charge in [0.2, 0.25) is 5.91 Å². The second kappa shape index (κ2) is 7.16. The third-order valence-electron chi connectivity index (χ3n) is 5.06. The summed E-state index contributed by atoms with van der Waals surface area (Å²) in [6, 6.07) is 4.16. The zero-order valence-corrected chi connectivity index (χ0v) is 14.8. The van der Waals surface area contributed by atoms with Crippen LogP contribution in [0.1, 0.15) is 54.7 Å². The van der Waals surface area contributed by atoms with Crippen LogP contribution >= 0.6 is 0 Å². The number of piperidine rings is 1. The van der Waals surface area contributed by atoms with Crippen molar-refractivity contribution in [3.63, 3.8) is 0 Å². The van der Waals surface area contributed by atoms with Crippen molar-refractivity contribution in [3.05, 3.63) is 47.0 Å². The fraction of sp³-hybridized carbons (Fsp3) is 0.526. The van der Waals surface area contributed by atoms with Crippen LogP contribution in [0.25, 0.3) is 0 Å². The Morgan fingerprint density at radius 3 is 2.83 bits per heavy atom. The van der Waals surface area contributed by atoms with Crippen LogP contribution in [0, 0.1) is 13.8 Å². The SMILES string of the molecule is CCc1c(C)nn(CC(=O)N2CCCCC2c2cccnc2)c1C. The molecule has 0 N–H and O–H groups in total. The highest BCUT2D eigenvalue weighted by atomic mass is 16.2. The Hall–Kier alpha value is -2.17. The van der Waals surface area contributed by atoms with E-state index in [9.17, 15) is 4.79 Å². The minimum atomic E-state index is 0.141. The summed E-state index contributed by atoms with van der Waals surface area (Å²) in [4.78, 5) is 19.2. The smallest absolute Gasteiger partial charge is 0.244 e. The molecule has 2 aromatic heterocycles. The van der Waals surface area contributed by atoms with Gasteiger partial charge in [0.1, 0.15) is 6.54 Å². The predicted molar refractivity (Wildman–Crippen MR) is 93.6 cm³/mol. The summed E-state index contributed by atoms with van der Waals surface area (Å²) >= 11 is 0. The fourth-order valence-corrected chi connectivity index (χ4v) is 3.77. The number of nitrogens with zero attached hydrogens (tertiary/aromatic N) is 4.